The summed E-state index contributed by atoms with van der Waals surface area (Å²) in [7, 11) is 1.59. The molecule has 0 saturated carbocycles. The van der Waals surface area contributed by atoms with Crippen molar-refractivity contribution < 1.29 is 38.4 Å². The highest BCUT2D eigenvalue weighted by Gasteiger charge is 2.29. The van der Waals surface area contributed by atoms with Crippen molar-refractivity contribution in [1.82, 2.24) is 10.6 Å². The van der Waals surface area contributed by atoms with Crippen LogP contribution in [0.1, 0.15) is 36.3 Å². The molecule has 206 valence electrons. The van der Waals surface area contributed by atoms with Gasteiger partial charge in [0.1, 0.15) is 19.3 Å². The van der Waals surface area contributed by atoms with Gasteiger partial charge in [0.15, 0.2) is 0 Å². The van der Waals surface area contributed by atoms with Gasteiger partial charge in [-0.15, -0.1) is 0 Å². The van der Waals surface area contributed by atoms with E-state index in [1.807, 2.05) is 48.5 Å². The molecule has 10 heteroatoms. The number of amides is 2. The minimum Gasteiger partial charge on any atom is -0.480 e. The lowest BCUT2D eigenvalue weighted by Crippen LogP contribution is -2.41. The summed E-state index contributed by atoms with van der Waals surface area (Å²) in [6, 6.07) is 14.9. The van der Waals surface area contributed by atoms with E-state index in [0.29, 0.717) is 45.8 Å². The highest BCUT2D eigenvalue weighted by Crippen LogP contribution is 2.44. The molecule has 0 heterocycles. The largest absolute Gasteiger partial charge is 0.480 e. The van der Waals surface area contributed by atoms with Gasteiger partial charge in [0.25, 0.3) is 0 Å². The third-order valence-electron chi connectivity index (χ3n) is 6.21. The number of aliphatic carboxylic acids is 1. The summed E-state index contributed by atoms with van der Waals surface area (Å²) < 4.78 is 20.8. The Balaban J connectivity index is 1.33. The molecule has 10 nitrogen and oxygen atoms in total. The van der Waals surface area contributed by atoms with Crippen LogP contribution in [0.2, 0.25) is 0 Å². The molecule has 2 amide bonds. The molecule has 0 bridgehead atoms. The normalized spacial score (nSPS) is 12.9. The number of methoxy groups -OCH3 is 1. The van der Waals surface area contributed by atoms with Gasteiger partial charge in [0.05, 0.1) is 26.4 Å². The summed E-state index contributed by atoms with van der Waals surface area (Å²) in [6.45, 7) is 2.07. The Labute approximate surface area is 222 Å². The van der Waals surface area contributed by atoms with E-state index in [1.165, 1.54) is 0 Å². The number of nitrogens with one attached hydrogen (secondary N) is 2. The smallest absolute Gasteiger partial charge is 0.407 e. The van der Waals surface area contributed by atoms with Crippen molar-refractivity contribution in [3.8, 4) is 11.1 Å². The minimum atomic E-state index is -1.14. The zero-order valence-electron chi connectivity index (χ0n) is 21.6. The SMILES string of the molecule is COCCOCCOCC(=O)NCCCC[C@H](NC(=O)OCC1c2ccccc2-c2ccccc21)C(=O)O. The number of carbonyl (C=O) groups excluding carboxylic acids is 2. The predicted molar refractivity (Wildman–Crippen MR) is 140 cm³/mol. The standard InChI is InChI=1S/C28H36N2O8/c1-35-14-15-36-16-17-37-19-26(31)29-13-7-6-12-25(27(32)33)30-28(34)38-18-24-22-10-4-2-8-20(22)21-9-3-5-11-23(21)24/h2-5,8-11,24-25H,6-7,12-19H2,1H3,(H,29,31)(H,30,34)(H,32,33)/t25-/m0/s1. The molecule has 0 spiro atoms. The Kier molecular flexibility index (Phi) is 12.0. The van der Waals surface area contributed by atoms with E-state index in [2.05, 4.69) is 10.6 Å². The molecule has 0 radical (unpaired) electrons. The first-order chi connectivity index (χ1) is 18.5. The summed E-state index contributed by atoms with van der Waals surface area (Å²) in [5, 5.41) is 14.7. The third-order valence-corrected chi connectivity index (χ3v) is 6.21. The molecular formula is C28H36N2O8. The Morgan fingerprint density at radius 2 is 1.53 bits per heavy atom. The quantitative estimate of drug-likeness (QED) is 0.267. The Morgan fingerprint density at radius 1 is 0.895 bits per heavy atom. The molecular weight excluding hydrogens is 492 g/mol. The predicted octanol–water partition coefficient (Wildman–Crippen LogP) is 2.94. The fourth-order valence-corrected chi connectivity index (χ4v) is 4.32. The van der Waals surface area contributed by atoms with Crippen molar-refractivity contribution in [2.24, 2.45) is 0 Å². The molecule has 1 atom stereocenters. The zero-order chi connectivity index (χ0) is 27.2. The molecule has 0 aliphatic heterocycles. The summed E-state index contributed by atoms with van der Waals surface area (Å²) in [4.78, 5) is 35.9. The van der Waals surface area contributed by atoms with Gasteiger partial charge in [0.2, 0.25) is 5.91 Å². The molecule has 3 rings (SSSR count). The van der Waals surface area contributed by atoms with Crippen LogP contribution in [0.3, 0.4) is 0 Å². The summed E-state index contributed by atoms with van der Waals surface area (Å²) in [5.74, 6) is -1.50. The van der Waals surface area contributed by atoms with Crippen LogP contribution in [0, 0.1) is 0 Å². The van der Waals surface area contributed by atoms with E-state index in [4.69, 9.17) is 18.9 Å². The van der Waals surface area contributed by atoms with E-state index in [1.54, 1.807) is 7.11 Å². The molecule has 0 saturated heterocycles. The van der Waals surface area contributed by atoms with Crippen molar-refractivity contribution in [3.63, 3.8) is 0 Å². The third kappa shape index (κ3) is 8.83. The number of carboxylic acids is 1. The monoisotopic (exact) mass is 528 g/mol. The number of ether oxygens (including phenoxy) is 4. The van der Waals surface area contributed by atoms with E-state index in [9.17, 15) is 19.5 Å². The lowest BCUT2D eigenvalue weighted by Gasteiger charge is -2.17. The van der Waals surface area contributed by atoms with E-state index < -0.39 is 18.1 Å². The highest BCUT2D eigenvalue weighted by atomic mass is 16.6. The van der Waals surface area contributed by atoms with Crippen LogP contribution >= 0.6 is 0 Å². The molecule has 1 aliphatic rings. The highest BCUT2D eigenvalue weighted by molar-refractivity contribution is 5.81. The van der Waals surface area contributed by atoms with Crippen LogP contribution < -0.4 is 10.6 Å². The maximum atomic E-state index is 12.4. The Morgan fingerprint density at radius 3 is 2.18 bits per heavy atom. The lowest BCUT2D eigenvalue weighted by molar-refractivity contribution is -0.139. The summed E-state index contributed by atoms with van der Waals surface area (Å²) in [6.07, 6.45) is 0.498. The van der Waals surface area contributed by atoms with Crippen LogP contribution in [0.25, 0.3) is 11.1 Å². The first-order valence-electron chi connectivity index (χ1n) is 12.8. The number of rotatable bonds is 17. The van der Waals surface area contributed by atoms with Gasteiger partial charge in [-0.1, -0.05) is 48.5 Å². The van der Waals surface area contributed by atoms with E-state index in [0.717, 1.165) is 22.3 Å². The number of hydrogen-bond donors (Lipinski definition) is 3. The fraction of sp³-hybridized carbons (Fsp3) is 0.464. The average molecular weight is 529 g/mol. The topological polar surface area (TPSA) is 132 Å². The van der Waals surface area contributed by atoms with Gasteiger partial charge in [-0.05, 0) is 41.5 Å². The number of unbranched alkanes of at least 4 members (excludes halogenated alkanes) is 1. The minimum absolute atomic E-state index is 0.0747. The number of hydrogen-bond acceptors (Lipinski definition) is 7. The van der Waals surface area contributed by atoms with Gasteiger partial charge in [-0.3, -0.25) is 4.79 Å². The fourth-order valence-electron chi connectivity index (χ4n) is 4.32. The maximum Gasteiger partial charge on any atom is 0.407 e. The summed E-state index contributed by atoms with van der Waals surface area (Å²) >= 11 is 0. The second kappa shape index (κ2) is 15.7. The van der Waals surface area contributed by atoms with E-state index >= 15 is 0 Å². The van der Waals surface area contributed by atoms with Gasteiger partial charge in [-0.2, -0.15) is 0 Å². The van der Waals surface area contributed by atoms with Crippen molar-refractivity contribution >= 4 is 18.0 Å². The zero-order valence-corrected chi connectivity index (χ0v) is 21.6. The first kappa shape index (κ1) is 29.1. The van der Waals surface area contributed by atoms with Crippen LogP contribution in [0.5, 0.6) is 0 Å². The summed E-state index contributed by atoms with van der Waals surface area (Å²) in [5.41, 5.74) is 4.40. The van der Waals surface area contributed by atoms with Crippen molar-refractivity contribution in [1.29, 1.82) is 0 Å². The van der Waals surface area contributed by atoms with Crippen molar-refractivity contribution in [2.45, 2.75) is 31.2 Å². The Hall–Kier alpha value is -3.47. The molecule has 1 aliphatic carbocycles. The second-order valence-corrected chi connectivity index (χ2v) is 8.86. The average Bonchev–Trinajstić information content (AvgIpc) is 3.24. The van der Waals surface area contributed by atoms with E-state index in [-0.39, 0.29) is 31.5 Å². The maximum absolute atomic E-state index is 12.4. The van der Waals surface area contributed by atoms with Gasteiger partial charge >= 0.3 is 12.1 Å². The molecule has 38 heavy (non-hydrogen) atoms. The van der Waals surface area contributed by atoms with Gasteiger partial charge < -0.3 is 34.7 Å². The molecule has 2 aromatic carbocycles. The lowest BCUT2D eigenvalue weighted by atomic mass is 9.98. The molecule has 0 unspecified atom stereocenters. The molecule has 3 N–H and O–H groups in total. The second-order valence-electron chi connectivity index (χ2n) is 8.86. The van der Waals surface area contributed by atoms with Gasteiger partial charge in [0, 0.05) is 19.6 Å². The number of fused-ring (bicyclic) bond motifs is 3. The number of carboxylic acid groups (broad SMARTS) is 1. The van der Waals surface area contributed by atoms with Crippen LogP contribution in [-0.4, -0.2) is 82.4 Å². The number of alkyl carbamates (subject to hydrolysis) is 1. The molecule has 2 aromatic rings. The van der Waals surface area contributed by atoms with Crippen molar-refractivity contribution in [3.05, 3.63) is 59.7 Å². The molecule has 0 fully saturated rings. The number of benzene rings is 2. The Bertz CT molecular complexity index is 1020. The number of carbonyl (C=O) groups is 3. The molecule has 0 aromatic heterocycles. The van der Waals surface area contributed by atoms with Crippen molar-refractivity contribution in [2.75, 3.05) is 53.3 Å². The van der Waals surface area contributed by atoms with Crippen LogP contribution in [0.15, 0.2) is 48.5 Å². The van der Waals surface area contributed by atoms with Crippen LogP contribution in [-0.2, 0) is 28.5 Å². The van der Waals surface area contributed by atoms with Gasteiger partial charge in [-0.25, -0.2) is 9.59 Å². The first-order valence-corrected chi connectivity index (χ1v) is 12.8. The van der Waals surface area contributed by atoms with Crippen LogP contribution in [0.4, 0.5) is 4.79 Å².